The summed E-state index contributed by atoms with van der Waals surface area (Å²) < 4.78 is 13.6. The van der Waals surface area contributed by atoms with E-state index in [4.69, 9.17) is 0 Å². The molecule has 192 valence electrons. The SMILES string of the molecule is Cc1ccc(F)cc1N1CCN(C(=O)CCC2(c3ccccn3)C=NC=N2)CC1.O=C1C=CNC(=O)C1. The number of nitrogens with zero attached hydrogens (tertiary/aromatic N) is 5. The lowest BCUT2D eigenvalue weighted by atomic mass is 9.91. The molecule has 1 saturated heterocycles. The molecule has 3 aliphatic rings. The lowest BCUT2D eigenvalue weighted by molar-refractivity contribution is -0.132. The van der Waals surface area contributed by atoms with Crippen LogP contribution in [0.15, 0.2) is 64.9 Å². The van der Waals surface area contributed by atoms with Crippen LogP contribution < -0.4 is 10.2 Å². The fourth-order valence-electron chi connectivity index (χ4n) is 4.41. The molecule has 0 aliphatic carbocycles. The minimum absolute atomic E-state index is 0.00347. The Morgan fingerprint density at radius 2 is 1.95 bits per heavy atom. The van der Waals surface area contributed by atoms with Crippen molar-refractivity contribution in [3.05, 3.63) is 71.9 Å². The van der Waals surface area contributed by atoms with E-state index in [-0.39, 0.29) is 29.8 Å². The summed E-state index contributed by atoms with van der Waals surface area (Å²) in [5.74, 6) is -0.486. The molecule has 5 rings (SSSR count). The molecule has 1 aromatic carbocycles. The maximum absolute atomic E-state index is 13.6. The highest BCUT2D eigenvalue weighted by Gasteiger charge is 2.34. The molecule has 0 bridgehead atoms. The van der Waals surface area contributed by atoms with Crippen LogP contribution in [-0.4, -0.2) is 66.2 Å². The molecule has 2 amide bonds. The molecule has 4 heterocycles. The number of anilines is 1. The Bertz CT molecular complexity index is 1220. The van der Waals surface area contributed by atoms with Gasteiger partial charge in [-0.15, -0.1) is 0 Å². The van der Waals surface area contributed by atoms with Gasteiger partial charge in [-0.25, -0.2) is 9.38 Å². The number of aliphatic imine (C=N–C) groups is 2. The van der Waals surface area contributed by atoms with Gasteiger partial charge in [0.05, 0.1) is 12.1 Å². The maximum atomic E-state index is 13.6. The molecule has 0 saturated carbocycles. The van der Waals surface area contributed by atoms with Gasteiger partial charge in [-0.05, 0) is 49.2 Å². The van der Waals surface area contributed by atoms with Gasteiger partial charge in [-0.2, -0.15) is 0 Å². The summed E-state index contributed by atoms with van der Waals surface area (Å²) in [6.07, 6.45) is 8.64. The Balaban J connectivity index is 0.000000342. The number of piperazine rings is 1. The molecule has 3 aliphatic heterocycles. The van der Waals surface area contributed by atoms with Crippen molar-refractivity contribution in [3.63, 3.8) is 0 Å². The summed E-state index contributed by atoms with van der Waals surface area (Å²) in [5, 5.41) is 2.37. The Morgan fingerprint density at radius 3 is 2.57 bits per heavy atom. The third-order valence-electron chi connectivity index (χ3n) is 6.46. The Kier molecular flexibility index (Phi) is 8.17. The first kappa shape index (κ1) is 25.9. The summed E-state index contributed by atoms with van der Waals surface area (Å²) in [6.45, 7) is 4.63. The fourth-order valence-corrected chi connectivity index (χ4v) is 4.41. The van der Waals surface area contributed by atoms with Gasteiger partial charge in [0.1, 0.15) is 17.7 Å². The Hall–Kier alpha value is -4.21. The summed E-state index contributed by atoms with van der Waals surface area (Å²) >= 11 is 0. The number of carbonyl (C=O) groups is 3. The van der Waals surface area contributed by atoms with Crippen molar-refractivity contribution in [1.29, 1.82) is 0 Å². The number of allylic oxidation sites excluding steroid dienone is 1. The van der Waals surface area contributed by atoms with E-state index >= 15 is 0 Å². The van der Waals surface area contributed by atoms with E-state index in [9.17, 15) is 18.8 Å². The molecular weight excluding hydrogens is 475 g/mol. The number of hydrogen-bond donors (Lipinski definition) is 1. The number of rotatable bonds is 5. The van der Waals surface area contributed by atoms with Crippen molar-refractivity contribution in [2.45, 2.75) is 31.7 Å². The highest BCUT2D eigenvalue weighted by molar-refractivity contribution is 6.06. The van der Waals surface area contributed by atoms with Crippen LogP contribution in [0.4, 0.5) is 10.1 Å². The van der Waals surface area contributed by atoms with E-state index in [2.05, 4.69) is 25.2 Å². The van der Waals surface area contributed by atoms with Gasteiger partial charge in [0, 0.05) is 56.9 Å². The number of nitrogens with one attached hydrogen (secondary N) is 1. The largest absolute Gasteiger partial charge is 0.368 e. The van der Waals surface area contributed by atoms with Crippen molar-refractivity contribution < 1.29 is 18.8 Å². The predicted molar refractivity (Wildman–Crippen MR) is 139 cm³/mol. The number of ketones is 1. The normalized spacial score (nSPS) is 20.5. The predicted octanol–water partition coefficient (Wildman–Crippen LogP) is 2.56. The number of pyridine rings is 1. The minimum atomic E-state index is -0.655. The smallest absolute Gasteiger partial charge is 0.231 e. The second-order valence-corrected chi connectivity index (χ2v) is 9.00. The summed E-state index contributed by atoms with van der Waals surface area (Å²) in [5.41, 5.74) is 2.10. The van der Waals surface area contributed by atoms with Gasteiger partial charge in [0.2, 0.25) is 11.8 Å². The van der Waals surface area contributed by atoms with E-state index in [0.717, 1.165) is 16.9 Å². The molecular formula is C27H29FN6O3. The number of benzene rings is 1. The van der Waals surface area contributed by atoms with Crippen LogP contribution in [0.2, 0.25) is 0 Å². The van der Waals surface area contributed by atoms with Crippen LogP contribution in [0.25, 0.3) is 0 Å². The highest BCUT2D eigenvalue weighted by atomic mass is 19.1. The molecule has 1 aromatic heterocycles. The van der Waals surface area contributed by atoms with Crippen LogP contribution in [-0.2, 0) is 19.9 Å². The minimum Gasteiger partial charge on any atom is -0.368 e. The number of hydrogen-bond acceptors (Lipinski definition) is 7. The molecule has 0 spiro atoms. The molecule has 1 unspecified atom stereocenters. The van der Waals surface area contributed by atoms with Crippen LogP contribution >= 0.6 is 0 Å². The standard InChI is InChI=1S/C22H24FN5O.C5H5NO2/c1-17-5-6-18(23)14-19(17)27-10-12-28(13-11-27)21(29)7-8-22(15-24-16-26-22)20-4-2-3-9-25-20;7-4-1-2-6-5(8)3-4/h2-6,9,14-16H,7-8,10-13H2,1H3;1-2H,3H2,(H,6,8). The zero-order valence-corrected chi connectivity index (χ0v) is 20.6. The van der Waals surface area contributed by atoms with Gasteiger partial charge in [-0.3, -0.25) is 24.4 Å². The number of amides is 2. The first-order valence-corrected chi connectivity index (χ1v) is 12.1. The van der Waals surface area contributed by atoms with Crippen LogP contribution in [0.1, 0.15) is 30.5 Å². The second-order valence-electron chi connectivity index (χ2n) is 9.00. The molecule has 9 nitrogen and oxygen atoms in total. The highest BCUT2D eigenvalue weighted by Crippen LogP contribution is 2.30. The van der Waals surface area contributed by atoms with Gasteiger partial charge < -0.3 is 15.1 Å². The molecule has 1 atom stereocenters. The third kappa shape index (κ3) is 6.52. The third-order valence-corrected chi connectivity index (χ3v) is 6.46. The molecule has 10 heteroatoms. The van der Waals surface area contributed by atoms with Crippen molar-refractivity contribution in [3.8, 4) is 0 Å². The van der Waals surface area contributed by atoms with E-state index < -0.39 is 5.54 Å². The zero-order valence-electron chi connectivity index (χ0n) is 20.6. The van der Waals surface area contributed by atoms with E-state index in [1.165, 1.54) is 24.7 Å². The number of carbonyl (C=O) groups excluding carboxylic acids is 3. The lowest BCUT2D eigenvalue weighted by Gasteiger charge is -2.37. The molecule has 2 aromatic rings. The molecule has 1 N–H and O–H groups in total. The number of aromatic nitrogens is 1. The topological polar surface area (TPSA) is 107 Å². The Labute approximate surface area is 214 Å². The maximum Gasteiger partial charge on any atom is 0.231 e. The van der Waals surface area contributed by atoms with Gasteiger partial charge in [-0.1, -0.05) is 12.1 Å². The van der Waals surface area contributed by atoms with E-state index in [1.807, 2.05) is 30.0 Å². The van der Waals surface area contributed by atoms with Crippen molar-refractivity contribution in [1.82, 2.24) is 15.2 Å². The van der Waals surface area contributed by atoms with Crippen molar-refractivity contribution in [2.75, 3.05) is 31.1 Å². The van der Waals surface area contributed by atoms with Crippen molar-refractivity contribution >= 4 is 35.8 Å². The van der Waals surface area contributed by atoms with Crippen LogP contribution in [0.3, 0.4) is 0 Å². The van der Waals surface area contributed by atoms with E-state index in [1.54, 1.807) is 24.5 Å². The number of halogens is 1. The van der Waals surface area contributed by atoms with Gasteiger partial charge in [0.15, 0.2) is 5.78 Å². The summed E-state index contributed by atoms with van der Waals surface area (Å²) in [7, 11) is 0. The van der Waals surface area contributed by atoms with Gasteiger partial charge in [0.25, 0.3) is 0 Å². The quantitative estimate of drug-likeness (QED) is 0.630. The van der Waals surface area contributed by atoms with E-state index in [0.29, 0.717) is 39.0 Å². The summed E-state index contributed by atoms with van der Waals surface area (Å²) in [6, 6.07) is 10.5. The monoisotopic (exact) mass is 504 g/mol. The zero-order chi connectivity index (χ0) is 26.3. The average Bonchev–Trinajstić information content (AvgIpc) is 3.40. The summed E-state index contributed by atoms with van der Waals surface area (Å²) in [4.78, 5) is 50.5. The first-order chi connectivity index (χ1) is 17.9. The fraction of sp³-hybridized carbons (Fsp3) is 0.333. The van der Waals surface area contributed by atoms with Crippen LogP contribution in [0, 0.1) is 12.7 Å². The first-order valence-electron chi connectivity index (χ1n) is 12.1. The number of aryl methyl sites for hydroxylation is 1. The molecule has 1 fully saturated rings. The van der Waals surface area contributed by atoms with Gasteiger partial charge >= 0.3 is 0 Å². The lowest BCUT2D eigenvalue weighted by Crippen LogP contribution is -2.49. The second kappa shape index (κ2) is 11.7. The van der Waals surface area contributed by atoms with Crippen molar-refractivity contribution in [2.24, 2.45) is 9.98 Å². The Morgan fingerprint density at radius 1 is 1.14 bits per heavy atom. The molecule has 37 heavy (non-hydrogen) atoms. The molecule has 0 radical (unpaired) electrons. The average molecular weight is 505 g/mol. The van der Waals surface area contributed by atoms with Crippen LogP contribution in [0.5, 0.6) is 0 Å².